The molecule has 92 valence electrons. The van der Waals surface area contributed by atoms with Crippen molar-refractivity contribution in [2.45, 2.75) is 13.5 Å². The Morgan fingerprint density at radius 1 is 1.28 bits per heavy atom. The zero-order valence-electron chi connectivity index (χ0n) is 10.2. The van der Waals surface area contributed by atoms with Crippen LogP contribution in [0.1, 0.15) is 11.1 Å². The average Bonchev–Trinajstić information content (AvgIpc) is 2.38. The monoisotopic (exact) mass is 241 g/mol. The lowest BCUT2D eigenvalue weighted by molar-refractivity contribution is 0.251. The van der Waals surface area contributed by atoms with E-state index in [1.165, 1.54) is 0 Å². The van der Waals surface area contributed by atoms with Gasteiger partial charge in [-0.15, -0.1) is 0 Å². The molecule has 1 aromatic carbocycles. The summed E-state index contributed by atoms with van der Waals surface area (Å²) in [6.45, 7) is 2.45. The Bertz CT molecular complexity index is 526. The van der Waals surface area contributed by atoms with Gasteiger partial charge in [0.1, 0.15) is 0 Å². The maximum atomic E-state index is 11.7. The average molecular weight is 241 g/mol. The number of nitrogens with zero attached hydrogens (tertiary/aromatic N) is 1. The Morgan fingerprint density at radius 2 is 2.17 bits per heavy atom. The Hall–Kier alpha value is -2.36. The molecule has 2 rings (SSSR count). The van der Waals surface area contributed by atoms with Gasteiger partial charge >= 0.3 is 6.03 Å². The minimum absolute atomic E-state index is 0.218. The third-order valence-corrected chi connectivity index (χ3v) is 2.45. The molecule has 0 unspecified atom stereocenters. The van der Waals surface area contributed by atoms with Gasteiger partial charge in [0.2, 0.25) is 0 Å². The maximum Gasteiger partial charge on any atom is 0.319 e. The molecule has 0 atom stereocenters. The SMILES string of the molecule is Cc1cccc(NC(=O)NCc2cccnc2)c1. The highest BCUT2D eigenvalue weighted by Crippen LogP contribution is 2.09. The van der Waals surface area contributed by atoms with Gasteiger partial charge in [-0.2, -0.15) is 0 Å². The van der Waals surface area contributed by atoms with E-state index in [1.807, 2.05) is 43.3 Å². The number of rotatable bonds is 3. The van der Waals surface area contributed by atoms with Gasteiger partial charge in [-0.1, -0.05) is 18.2 Å². The molecule has 1 aromatic heterocycles. The number of pyridine rings is 1. The summed E-state index contributed by atoms with van der Waals surface area (Å²) < 4.78 is 0. The number of carbonyl (C=O) groups excluding carboxylic acids is 1. The molecule has 0 saturated carbocycles. The summed E-state index contributed by atoms with van der Waals surface area (Å²) in [4.78, 5) is 15.6. The van der Waals surface area contributed by atoms with Crippen LogP contribution in [0.2, 0.25) is 0 Å². The molecule has 2 amide bonds. The number of nitrogens with one attached hydrogen (secondary N) is 2. The van der Waals surface area contributed by atoms with Crippen LogP contribution in [0, 0.1) is 6.92 Å². The van der Waals surface area contributed by atoms with E-state index in [2.05, 4.69) is 15.6 Å². The van der Waals surface area contributed by atoms with Crippen LogP contribution < -0.4 is 10.6 Å². The number of amides is 2. The van der Waals surface area contributed by atoms with Crippen LogP contribution in [-0.2, 0) is 6.54 Å². The van der Waals surface area contributed by atoms with E-state index in [-0.39, 0.29) is 6.03 Å². The minimum Gasteiger partial charge on any atom is -0.334 e. The number of carbonyl (C=O) groups is 1. The van der Waals surface area contributed by atoms with E-state index in [0.717, 1.165) is 16.8 Å². The third kappa shape index (κ3) is 3.59. The summed E-state index contributed by atoms with van der Waals surface area (Å²) >= 11 is 0. The van der Waals surface area contributed by atoms with Crippen LogP contribution in [0.3, 0.4) is 0 Å². The Balaban J connectivity index is 1.86. The Labute approximate surface area is 106 Å². The van der Waals surface area contributed by atoms with Crippen molar-refractivity contribution < 1.29 is 4.79 Å². The Kier molecular flexibility index (Phi) is 3.91. The van der Waals surface area contributed by atoms with Crippen LogP contribution in [-0.4, -0.2) is 11.0 Å². The second kappa shape index (κ2) is 5.82. The normalized spacial score (nSPS) is 9.83. The highest BCUT2D eigenvalue weighted by Gasteiger charge is 2.01. The lowest BCUT2D eigenvalue weighted by Crippen LogP contribution is -2.28. The van der Waals surface area contributed by atoms with Gasteiger partial charge in [0.15, 0.2) is 0 Å². The summed E-state index contributed by atoms with van der Waals surface area (Å²) in [7, 11) is 0. The van der Waals surface area contributed by atoms with Gasteiger partial charge in [-0.3, -0.25) is 4.98 Å². The Morgan fingerprint density at radius 3 is 2.89 bits per heavy atom. The molecule has 0 radical (unpaired) electrons. The van der Waals surface area contributed by atoms with Crippen LogP contribution in [0.15, 0.2) is 48.8 Å². The van der Waals surface area contributed by atoms with Crippen LogP contribution in [0.4, 0.5) is 10.5 Å². The molecule has 1 heterocycles. The topological polar surface area (TPSA) is 54.0 Å². The fourth-order valence-electron chi connectivity index (χ4n) is 1.58. The number of aryl methyl sites for hydroxylation is 1. The number of aromatic nitrogens is 1. The second-order valence-corrected chi connectivity index (χ2v) is 4.04. The molecule has 0 bridgehead atoms. The molecule has 2 N–H and O–H groups in total. The summed E-state index contributed by atoms with van der Waals surface area (Å²) in [5.74, 6) is 0. The van der Waals surface area contributed by atoms with Gasteiger partial charge in [-0.25, -0.2) is 4.79 Å². The molecule has 18 heavy (non-hydrogen) atoms. The lowest BCUT2D eigenvalue weighted by Gasteiger charge is -2.07. The molecule has 0 fully saturated rings. The molecule has 4 nitrogen and oxygen atoms in total. The summed E-state index contributed by atoms with van der Waals surface area (Å²) in [5, 5.41) is 5.56. The first-order chi connectivity index (χ1) is 8.74. The molecule has 2 aromatic rings. The summed E-state index contributed by atoms with van der Waals surface area (Å²) in [5.41, 5.74) is 2.87. The van der Waals surface area contributed by atoms with Gasteiger partial charge in [0.05, 0.1) is 0 Å². The van der Waals surface area contributed by atoms with E-state index in [0.29, 0.717) is 6.54 Å². The lowest BCUT2D eigenvalue weighted by atomic mass is 10.2. The highest BCUT2D eigenvalue weighted by molar-refractivity contribution is 5.89. The van der Waals surface area contributed by atoms with E-state index in [9.17, 15) is 4.79 Å². The molecule has 0 saturated heterocycles. The molecular weight excluding hydrogens is 226 g/mol. The fourth-order valence-corrected chi connectivity index (χ4v) is 1.58. The molecule has 0 aliphatic carbocycles. The number of benzene rings is 1. The van der Waals surface area contributed by atoms with Crippen molar-refractivity contribution in [2.75, 3.05) is 5.32 Å². The summed E-state index contributed by atoms with van der Waals surface area (Å²) in [6, 6.07) is 11.2. The van der Waals surface area contributed by atoms with E-state index < -0.39 is 0 Å². The van der Waals surface area contributed by atoms with E-state index >= 15 is 0 Å². The minimum atomic E-state index is -0.218. The van der Waals surface area contributed by atoms with Gasteiger partial charge < -0.3 is 10.6 Å². The van der Waals surface area contributed by atoms with Crippen LogP contribution >= 0.6 is 0 Å². The predicted molar refractivity (Wildman–Crippen MR) is 71.3 cm³/mol. The molecule has 0 aliphatic heterocycles. The number of hydrogen-bond acceptors (Lipinski definition) is 2. The largest absolute Gasteiger partial charge is 0.334 e. The number of urea groups is 1. The summed E-state index contributed by atoms with van der Waals surface area (Å²) in [6.07, 6.45) is 3.43. The quantitative estimate of drug-likeness (QED) is 0.868. The van der Waals surface area contributed by atoms with Crippen LogP contribution in [0.5, 0.6) is 0 Å². The number of anilines is 1. The standard InChI is InChI=1S/C14H15N3O/c1-11-4-2-6-13(8-11)17-14(18)16-10-12-5-3-7-15-9-12/h2-9H,10H2,1H3,(H2,16,17,18). The zero-order valence-corrected chi connectivity index (χ0v) is 10.2. The molecular formula is C14H15N3O. The van der Waals surface area contributed by atoms with Gasteiger partial charge in [0, 0.05) is 24.6 Å². The van der Waals surface area contributed by atoms with Crippen molar-refractivity contribution in [3.63, 3.8) is 0 Å². The van der Waals surface area contributed by atoms with Crippen LogP contribution in [0.25, 0.3) is 0 Å². The first kappa shape index (κ1) is 12.1. The molecule has 0 aliphatic rings. The van der Waals surface area contributed by atoms with Crippen molar-refractivity contribution in [1.82, 2.24) is 10.3 Å². The zero-order chi connectivity index (χ0) is 12.8. The van der Waals surface area contributed by atoms with E-state index in [4.69, 9.17) is 0 Å². The van der Waals surface area contributed by atoms with Crippen molar-refractivity contribution in [3.05, 3.63) is 59.9 Å². The van der Waals surface area contributed by atoms with E-state index in [1.54, 1.807) is 12.4 Å². The first-order valence-electron chi connectivity index (χ1n) is 5.74. The van der Waals surface area contributed by atoms with Crippen molar-refractivity contribution in [2.24, 2.45) is 0 Å². The maximum absolute atomic E-state index is 11.7. The smallest absolute Gasteiger partial charge is 0.319 e. The molecule has 4 heteroatoms. The van der Waals surface area contributed by atoms with Crippen molar-refractivity contribution in [1.29, 1.82) is 0 Å². The number of hydrogen-bond donors (Lipinski definition) is 2. The van der Waals surface area contributed by atoms with Gasteiger partial charge in [-0.05, 0) is 36.2 Å². The predicted octanol–water partition coefficient (Wildman–Crippen LogP) is 2.71. The third-order valence-electron chi connectivity index (χ3n) is 2.45. The fraction of sp³-hybridized carbons (Fsp3) is 0.143. The van der Waals surface area contributed by atoms with Gasteiger partial charge in [0.25, 0.3) is 0 Å². The molecule has 0 spiro atoms. The highest BCUT2D eigenvalue weighted by atomic mass is 16.2. The first-order valence-corrected chi connectivity index (χ1v) is 5.74. The van der Waals surface area contributed by atoms with Crippen molar-refractivity contribution >= 4 is 11.7 Å². The van der Waals surface area contributed by atoms with Crippen molar-refractivity contribution in [3.8, 4) is 0 Å². The second-order valence-electron chi connectivity index (χ2n) is 4.04.